The standard InChI is InChI=1S/C9H14O6.C3H8O3.3C2H4O2/c1-6(10)13-4-9(15-8(3)12)5-14-7(2)11;4-1-3(6)2-5;3*1-2(3)4/h9H,4-5H2,1-3H3;3-6H,1-2H2;3*1H3,(H,3,4). The highest BCUT2D eigenvalue weighted by Gasteiger charge is 2.15. The van der Waals surface area contributed by atoms with Crippen molar-refractivity contribution in [2.75, 3.05) is 26.4 Å². The lowest BCUT2D eigenvalue weighted by Crippen LogP contribution is -2.29. The van der Waals surface area contributed by atoms with E-state index in [-0.39, 0.29) is 26.4 Å². The highest BCUT2D eigenvalue weighted by atomic mass is 16.6. The Bertz CT molecular complexity index is 497. The maximum Gasteiger partial charge on any atom is 0.303 e. The fourth-order valence-corrected chi connectivity index (χ4v) is 0.829. The van der Waals surface area contributed by atoms with Crippen LogP contribution >= 0.6 is 0 Å². The van der Waals surface area contributed by atoms with Crippen LogP contribution in [0.25, 0.3) is 0 Å². The zero-order valence-corrected chi connectivity index (χ0v) is 19.3. The average Bonchev–Trinajstić information content (AvgIpc) is 2.61. The minimum Gasteiger partial charge on any atom is -0.481 e. The van der Waals surface area contributed by atoms with E-state index in [1.165, 1.54) is 20.8 Å². The Morgan fingerprint density at radius 2 is 0.848 bits per heavy atom. The van der Waals surface area contributed by atoms with E-state index in [9.17, 15) is 14.4 Å². The fourth-order valence-electron chi connectivity index (χ4n) is 0.829. The molecule has 0 amide bonds. The number of rotatable bonds is 7. The summed E-state index contributed by atoms with van der Waals surface area (Å²) in [6.07, 6.45) is -1.71. The lowest BCUT2D eigenvalue weighted by Gasteiger charge is -2.15. The first-order chi connectivity index (χ1) is 14.9. The molecule has 6 N–H and O–H groups in total. The third kappa shape index (κ3) is 94.7. The van der Waals surface area contributed by atoms with Crippen molar-refractivity contribution in [2.45, 2.75) is 53.8 Å². The van der Waals surface area contributed by atoms with E-state index in [4.69, 9.17) is 49.8 Å². The lowest BCUT2D eigenvalue weighted by atomic mass is 10.4. The number of aliphatic hydroxyl groups excluding tert-OH is 3. The molecule has 0 aliphatic rings. The van der Waals surface area contributed by atoms with Crippen molar-refractivity contribution in [1.29, 1.82) is 0 Å². The molecule has 0 heterocycles. The predicted octanol–water partition coefficient (Wildman–Crippen LogP) is -1.35. The van der Waals surface area contributed by atoms with Gasteiger partial charge >= 0.3 is 17.9 Å². The zero-order valence-electron chi connectivity index (χ0n) is 19.3. The van der Waals surface area contributed by atoms with Crippen LogP contribution in [0.15, 0.2) is 0 Å². The van der Waals surface area contributed by atoms with Crippen molar-refractivity contribution in [3.63, 3.8) is 0 Å². The van der Waals surface area contributed by atoms with Crippen LogP contribution in [0, 0.1) is 0 Å². The van der Waals surface area contributed by atoms with E-state index in [0.29, 0.717) is 0 Å². The van der Waals surface area contributed by atoms with Crippen LogP contribution in [0.1, 0.15) is 41.5 Å². The van der Waals surface area contributed by atoms with E-state index < -0.39 is 48.0 Å². The van der Waals surface area contributed by atoms with Crippen LogP contribution in [0.5, 0.6) is 0 Å². The smallest absolute Gasteiger partial charge is 0.303 e. The number of ether oxygens (including phenoxy) is 3. The molecule has 196 valence electrons. The van der Waals surface area contributed by atoms with Crippen LogP contribution in [-0.2, 0) is 43.0 Å². The fraction of sp³-hybridized carbons (Fsp3) is 0.667. The Morgan fingerprint density at radius 1 is 0.606 bits per heavy atom. The van der Waals surface area contributed by atoms with Crippen molar-refractivity contribution in [3.05, 3.63) is 0 Å². The second-order valence-electron chi connectivity index (χ2n) is 5.41. The molecule has 0 radical (unpaired) electrons. The number of carboxylic acid groups (broad SMARTS) is 3. The predicted molar refractivity (Wildman–Crippen MR) is 109 cm³/mol. The van der Waals surface area contributed by atoms with E-state index in [2.05, 4.69) is 9.47 Å². The third-order valence-corrected chi connectivity index (χ3v) is 1.70. The maximum atomic E-state index is 10.6. The highest BCUT2D eigenvalue weighted by Crippen LogP contribution is 1.97. The number of carbonyl (C=O) groups excluding carboxylic acids is 3. The SMILES string of the molecule is CC(=O)O.CC(=O)O.CC(=O)O.CC(=O)OCC(COC(C)=O)OC(C)=O.OCC(O)CO. The maximum absolute atomic E-state index is 10.6. The Morgan fingerprint density at radius 3 is 0.970 bits per heavy atom. The summed E-state index contributed by atoms with van der Waals surface area (Å²) in [5.74, 6) is -4.01. The van der Waals surface area contributed by atoms with Crippen LogP contribution in [0.2, 0.25) is 0 Å². The molecule has 0 atom stereocenters. The first-order valence-electron chi connectivity index (χ1n) is 8.84. The molecular formula is C18H34O15. The minimum atomic E-state index is -0.954. The summed E-state index contributed by atoms with van der Waals surface area (Å²) in [5, 5.41) is 46.3. The van der Waals surface area contributed by atoms with Crippen molar-refractivity contribution >= 4 is 35.8 Å². The Kier molecular flexibility index (Phi) is 34.9. The monoisotopic (exact) mass is 490 g/mol. The Hall–Kier alpha value is -3.30. The van der Waals surface area contributed by atoms with Crippen molar-refractivity contribution in [3.8, 4) is 0 Å². The summed E-state index contributed by atoms with van der Waals surface area (Å²) >= 11 is 0. The summed E-state index contributed by atoms with van der Waals surface area (Å²) in [5.41, 5.74) is 0. The molecule has 0 aliphatic carbocycles. The van der Waals surface area contributed by atoms with Gasteiger partial charge in [0.1, 0.15) is 19.3 Å². The van der Waals surface area contributed by atoms with Gasteiger partial charge in [-0.25, -0.2) is 0 Å². The van der Waals surface area contributed by atoms with Crippen LogP contribution in [0.3, 0.4) is 0 Å². The average molecular weight is 490 g/mol. The second kappa shape index (κ2) is 28.7. The largest absolute Gasteiger partial charge is 0.481 e. The van der Waals surface area contributed by atoms with Gasteiger partial charge in [0.2, 0.25) is 0 Å². The molecular weight excluding hydrogens is 456 g/mol. The van der Waals surface area contributed by atoms with Gasteiger partial charge in [0.15, 0.2) is 6.10 Å². The van der Waals surface area contributed by atoms with Crippen LogP contribution in [0.4, 0.5) is 0 Å². The summed E-state index contributed by atoms with van der Waals surface area (Å²) in [7, 11) is 0. The van der Waals surface area contributed by atoms with Gasteiger partial charge in [0.05, 0.1) is 13.2 Å². The van der Waals surface area contributed by atoms with Crippen LogP contribution in [-0.4, -0.2) is 105 Å². The molecule has 0 saturated carbocycles. The number of carbonyl (C=O) groups is 6. The van der Waals surface area contributed by atoms with Gasteiger partial charge in [-0.1, -0.05) is 0 Å². The molecule has 0 aromatic carbocycles. The zero-order chi connectivity index (χ0) is 27.6. The Labute approximate surface area is 190 Å². The molecule has 0 fully saturated rings. The van der Waals surface area contributed by atoms with E-state index in [0.717, 1.165) is 20.8 Å². The highest BCUT2D eigenvalue weighted by molar-refractivity contribution is 5.67. The normalized spacial score (nSPS) is 8.45. The van der Waals surface area contributed by atoms with E-state index >= 15 is 0 Å². The molecule has 0 unspecified atom stereocenters. The number of hydrogen-bond donors (Lipinski definition) is 6. The van der Waals surface area contributed by atoms with Gasteiger partial charge in [0, 0.05) is 41.5 Å². The van der Waals surface area contributed by atoms with E-state index in [1.54, 1.807) is 0 Å². The van der Waals surface area contributed by atoms with Gasteiger partial charge in [-0.15, -0.1) is 0 Å². The molecule has 0 aromatic rings. The van der Waals surface area contributed by atoms with Gasteiger partial charge in [0.25, 0.3) is 17.9 Å². The number of carboxylic acids is 3. The first kappa shape index (κ1) is 40.1. The molecule has 0 aromatic heterocycles. The lowest BCUT2D eigenvalue weighted by molar-refractivity contribution is -0.163. The summed E-state index contributed by atoms with van der Waals surface area (Å²) in [4.78, 5) is 58.6. The minimum absolute atomic E-state index is 0.123. The topological polar surface area (TPSA) is 251 Å². The molecule has 15 heteroatoms. The van der Waals surface area contributed by atoms with Crippen molar-refractivity contribution in [2.24, 2.45) is 0 Å². The second-order valence-corrected chi connectivity index (χ2v) is 5.41. The first-order valence-corrected chi connectivity index (χ1v) is 8.84. The number of aliphatic carboxylic acids is 3. The van der Waals surface area contributed by atoms with Gasteiger partial charge in [-0.3, -0.25) is 28.8 Å². The molecule has 0 rings (SSSR count). The van der Waals surface area contributed by atoms with Gasteiger partial charge in [-0.05, 0) is 0 Å². The van der Waals surface area contributed by atoms with Crippen molar-refractivity contribution < 1.29 is 73.6 Å². The number of esters is 3. The van der Waals surface area contributed by atoms with E-state index in [1.807, 2.05) is 0 Å². The summed E-state index contributed by atoms with van der Waals surface area (Å²) in [6, 6.07) is 0. The third-order valence-electron chi connectivity index (χ3n) is 1.70. The van der Waals surface area contributed by atoms with Gasteiger partial charge in [-0.2, -0.15) is 0 Å². The summed E-state index contributed by atoms with van der Waals surface area (Å²) in [6.45, 7) is 5.96. The van der Waals surface area contributed by atoms with Crippen LogP contribution < -0.4 is 0 Å². The molecule has 15 nitrogen and oxygen atoms in total. The molecule has 0 spiro atoms. The molecule has 33 heavy (non-hydrogen) atoms. The quantitative estimate of drug-likeness (QED) is 0.178. The summed E-state index contributed by atoms with van der Waals surface area (Å²) < 4.78 is 14.0. The number of hydrogen-bond acceptors (Lipinski definition) is 12. The molecule has 0 saturated heterocycles. The van der Waals surface area contributed by atoms with Crippen molar-refractivity contribution in [1.82, 2.24) is 0 Å². The Balaban J connectivity index is -0.000000119. The number of aliphatic hydroxyl groups is 3. The molecule has 0 aliphatic heterocycles. The molecule has 0 bridgehead atoms. The van der Waals surface area contributed by atoms with Gasteiger partial charge < -0.3 is 44.8 Å².